The summed E-state index contributed by atoms with van der Waals surface area (Å²) < 4.78 is 10.6. The third kappa shape index (κ3) is 10.8. The normalized spacial score (nSPS) is 12.4. The fourth-order valence-corrected chi connectivity index (χ4v) is 2.70. The number of ether oxygens (including phenoxy) is 2. The lowest BCUT2D eigenvalue weighted by Crippen LogP contribution is -2.41. The van der Waals surface area contributed by atoms with Crippen LogP contribution in [0, 0.1) is 0 Å². The Morgan fingerprint density at radius 2 is 1.93 bits per heavy atom. The van der Waals surface area contributed by atoms with E-state index in [9.17, 15) is 0 Å². The number of hydrogen-bond acceptors (Lipinski definition) is 4. The van der Waals surface area contributed by atoms with E-state index in [0.29, 0.717) is 12.5 Å². The molecule has 0 aromatic heterocycles. The lowest BCUT2D eigenvalue weighted by Gasteiger charge is -2.19. The highest BCUT2D eigenvalue weighted by molar-refractivity contribution is 14.0. The molecule has 7 heteroatoms. The molecular formula is C20H37IN4O2. The Kier molecular flexibility index (Phi) is 15.3. The topological polar surface area (TPSA) is 58.1 Å². The standard InChI is InChI=1S/C20H36N4O2.HI/c1-6-21-20(22-12-14-24(3)13-9-15-25-4)23-16-17(2)18-10-7-8-11-19(18)26-5;/h7-8,10-11,17H,6,9,12-16H2,1-5H3,(H2,21,22,23);1H. The third-order valence-electron chi connectivity index (χ3n) is 4.21. The first kappa shape index (κ1) is 25.9. The van der Waals surface area contributed by atoms with Crippen LogP contribution >= 0.6 is 24.0 Å². The van der Waals surface area contributed by atoms with Gasteiger partial charge in [-0.3, -0.25) is 4.99 Å². The number of halogens is 1. The molecule has 0 amide bonds. The van der Waals surface area contributed by atoms with Crippen LogP contribution in [0.4, 0.5) is 0 Å². The molecule has 0 bridgehead atoms. The molecule has 1 aromatic rings. The largest absolute Gasteiger partial charge is 0.496 e. The molecule has 0 heterocycles. The average molecular weight is 492 g/mol. The predicted octanol–water partition coefficient (Wildman–Crippen LogP) is 2.94. The maximum atomic E-state index is 5.46. The van der Waals surface area contributed by atoms with Gasteiger partial charge in [0.25, 0.3) is 0 Å². The van der Waals surface area contributed by atoms with Gasteiger partial charge in [-0.2, -0.15) is 0 Å². The summed E-state index contributed by atoms with van der Waals surface area (Å²) in [6.45, 7) is 9.48. The van der Waals surface area contributed by atoms with Crippen molar-refractivity contribution < 1.29 is 9.47 Å². The van der Waals surface area contributed by atoms with Gasteiger partial charge in [-0.1, -0.05) is 25.1 Å². The number of methoxy groups -OCH3 is 2. The summed E-state index contributed by atoms with van der Waals surface area (Å²) in [5.41, 5.74) is 1.19. The smallest absolute Gasteiger partial charge is 0.191 e. The van der Waals surface area contributed by atoms with Gasteiger partial charge in [-0.15, -0.1) is 24.0 Å². The van der Waals surface area contributed by atoms with Gasteiger partial charge in [0, 0.05) is 52.4 Å². The Hall–Kier alpha value is -1.06. The molecule has 6 nitrogen and oxygen atoms in total. The lowest BCUT2D eigenvalue weighted by molar-refractivity contribution is 0.180. The summed E-state index contributed by atoms with van der Waals surface area (Å²) >= 11 is 0. The number of benzene rings is 1. The lowest BCUT2D eigenvalue weighted by atomic mass is 10.0. The summed E-state index contributed by atoms with van der Waals surface area (Å²) in [5, 5.41) is 6.73. The molecule has 0 aliphatic heterocycles. The zero-order chi connectivity index (χ0) is 19.2. The molecule has 0 aliphatic carbocycles. The van der Waals surface area contributed by atoms with Crippen LogP contribution in [0.3, 0.4) is 0 Å². The monoisotopic (exact) mass is 492 g/mol. The average Bonchev–Trinajstić information content (AvgIpc) is 2.66. The van der Waals surface area contributed by atoms with Crippen LogP contribution in [-0.4, -0.2) is 71.5 Å². The molecule has 0 saturated carbocycles. The quantitative estimate of drug-likeness (QED) is 0.204. The van der Waals surface area contributed by atoms with Crippen LogP contribution in [0.5, 0.6) is 5.75 Å². The molecule has 0 fully saturated rings. The van der Waals surface area contributed by atoms with Crippen LogP contribution in [0.15, 0.2) is 29.3 Å². The Balaban J connectivity index is 0.00000676. The van der Waals surface area contributed by atoms with E-state index in [2.05, 4.69) is 42.5 Å². The first-order valence-corrected chi connectivity index (χ1v) is 9.44. The van der Waals surface area contributed by atoms with Gasteiger partial charge in [0.1, 0.15) is 5.75 Å². The van der Waals surface area contributed by atoms with E-state index >= 15 is 0 Å². The number of likely N-dealkylation sites (N-methyl/N-ethyl adjacent to an activating group) is 1. The molecule has 0 saturated heterocycles. The Morgan fingerprint density at radius 3 is 2.59 bits per heavy atom. The Labute approximate surface area is 182 Å². The van der Waals surface area contributed by atoms with Crippen molar-refractivity contribution in [3.63, 3.8) is 0 Å². The van der Waals surface area contributed by atoms with Gasteiger partial charge < -0.3 is 25.0 Å². The molecule has 27 heavy (non-hydrogen) atoms. The molecule has 1 rings (SSSR count). The van der Waals surface area contributed by atoms with Gasteiger partial charge >= 0.3 is 0 Å². The Morgan fingerprint density at radius 1 is 1.19 bits per heavy atom. The summed E-state index contributed by atoms with van der Waals surface area (Å²) in [4.78, 5) is 7.04. The second-order valence-electron chi connectivity index (χ2n) is 6.44. The number of rotatable bonds is 12. The molecule has 1 atom stereocenters. The molecule has 1 aromatic carbocycles. The Bertz CT molecular complexity index is 528. The van der Waals surface area contributed by atoms with Crippen molar-refractivity contribution in [1.29, 1.82) is 0 Å². The fourth-order valence-electron chi connectivity index (χ4n) is 2.70. The highest BCUT2D eigenvalue weighted by Crippen LogP contribution is 2.26. The molecule has 156 valence electrons. The van der Waals surface area contributed by atoms with Crippen molar-refractivity contribution >= 4 is 29.9 Å². The van der Waals surface area contributed by atoms with Crippen molar-refractivity contribution in [3.05, 3.63) is 29.8 Å². The van der Waals surface area contributed by atoms with Crippen LogP contribution < -0.4 is 15.4 Å². The van der Waals surface area contributed by atoms with E-state index in [1.807, 2.05) is 18.2 Å². The van der Waals surface area contributed by atoms with E-state index in [1.54, 1.807) is 14.2 Å². The van der Waals surface area contributed by atoms with E-state index < -0.39 is 0 Å². The first-order valence-electron chi connectivity index (χ1n) is 9.44. The van der Waals surface area contributed by atoms with Gasteiger partial charge in [-0.05, 0) is 32.0 Å². The maximum Gasteiger partial charge on any atom is 0.191 e. The predicted molar refractivity (Wildman–Crippen MR) is 125 cm³/mol. The number of aliphatic imine (C=N–C) groups is 1. The number of nitrogens with one attached hydrogen (secondary N) is 2. The van der Waals surface area contributed by atoms with Crippen molar-refractivity contribution in [2.75, 3.05) is 60.6 Å². The molecule has 0 radical (unpaired) electrons. The summed E-state index contributed by atoms with van der Waals surface area (Å²) in [7, 11) is 5.58. The molecule has 1 unspecified atom stereocenters. The van der Waals surface area contributed by atoms with Crippen molar-refractivity contribution in [2.45, 2.75) is 26.2 Å². The van der Waals surface area contributed by atoms with Crippen molar-refractivity contribution in [3.8, 4) is 5.75 Å². The van der Waals surface area contributed by atoms with E-state index in [1.165, 1.54) is 5.56 Å². The molecule has 0 spiro atoms. The molecule has 0 aliphatic rings. The van der Waals surface area contributed by atoms with E-state index in [4.69, 9.17) is 14.5 Å². The summed E-state index contributed by atoms with van der Waals surface area (Å²) in [6, 6.07) is 8.14. The van der Waals surface area contributed by atoms with Crippen LogP contribution in [0.1, 0.15) is 31.7 Å². The van der Waals surface area contributed by atoms with Crippen LogP contribution in [-0.2, 0) is 4.74 Å². The minimum atomic E-state index is 0. The number of guanidine groups is 1. The van der Waals surface area contributed by atoms with Gasteiger partial charge in [-0.25, -0.2) is 0 Å². The van der Waals surface area contributed by atoms with E-state index in [0.717, 1.165) is 50.9 Å². The molecule has 2 N–H and O–H groups in total. The van der Waals surface area contributed by atoms with Gasteiger partial charge in [0.05, 0.1) is 7.11 Å². The van der Waals surface area contributed by atoms with Crippen LogP contribution in [0.25, 0.3) is 0 Å². The summed E-state index contributed by atoms with van der Waals surface area (Å²) in [6.07, 6.45) is 1.05. The minimum absolute atomic E-state index is 0. The highest BCUT2D eigenvalue weighted by atomic mass is 127. The SMILES string of the molecule is CCNC(=NCC(C)c1ccccc1OC)NCCN(C)CCCOC.I. The number of para-hydroxylation sites is 1. The molecular weight excluding hydrogens is 455 g/mol. The van der Waals surface area contributed by atoms with Gasteiger partial charge in [0.15, 0.2) is 5.96 Å². The zero-order valence-corrected chi connectivity index (χ0v) is 19.8. The second-order valence-corrected chi connectivity index (χ2v) is 6.44. The van der Waals surface area contributed by atoms with Crippen molar-refractivity contribution in [2.24, 2.45) is 4.99 Å². The highest BCUT2D eigenvalue weighted by Gasteiger charge is 2.10. The second kappa shape index (κ2) is 15.9. The van der Waals surface area contributed by atoms with Crippen molar-refractivity contribution in [1.82, 2.24) is 15.5 Å². The first-order chi connectivity index (χ1) is 12.6. The maximum absolute atomic E-state index is 5.46. The van der Waals surface area contributed by atoms with Crippen LogP contribution in [0.2, 0.25) is 0 Å². The summed E-state index contributed by atoms with van der Waals surface area (Å²) in [5.74, 6) is 2.07. The number of hydrogen-bond donors (Lipinski definition) is 2. The van der Waals surface area contributed by atoms with Gasteiger partial charge in [0.2, 0.25) is 0 Å². The zero-order valence-electron chi connectivity index (χ0n) is 17.5. The minimum Gasteiger partial charge on any atom is -0.496 e. The fraction of sp³-hybridized carbons (Fsp3) is 0.650. The number of nitrogens with zero attached hydrogens (tertiary/aromatic N) is 2. The third-order valence-corrected chi connectivity index (χ3v) is 4.21. The van der Waals surface area contributed by atoms with E-state index in [-0.39, 0.29) is 24.0 Å².